The number of nitrogens with one attached hydrogen (secondary N) is 1. The number of hydrogen-bond donors (Lipinski definition) is 4. The van der Waals surface area contributed by atoms with Crippen LogP contribution in [-0.4, -0.2) is 35.1 Å². The van der Waals surface area contributed by atoms with Crippen molar-refractivity contribution in [3.63, 3.8) is 0 Å². The number of rotatable bonds is 3. The summed E-state index contributed by atoms with van der Waals surface area (Å²) in [6, 6.07) is 0.772. The Morgan fingerprint density at radius 3 is 2.33 bits per heavy atom. The number of nitrogens with two attached hydrogens (primary N) is 1. The Kier molecular flexibility index (Phi) is 3.94. The summed E-state index contributed by atoms with van der Waals surface area (Å²) in [5, 5.41) is 20.3. The van der Waals surface area contributed by atoms with Gasteiger partial charge in [-0.3, -0.25) is 0 Å². The van der Waals surface area contributed by atoms with Gasteiger partial charge in [-0.15, -0.1) is 0 Å². The summed E-state index contributed by atoms with van der Waals surface area (Å²) >= 11 is 0. The highest BCUT2D eigenvalue weighted by molar-refractivity contribution is 4.78. The summed E-state index contributed by atoms with van der Waals surface area (Å²) in [4.78, 5) is 0. The predicted molar refractivity (Wildman–Crippen MR) is 46.5 cm³/mol. The van der Waals surface area contributed by atoms with E-state index >= 15 is 0 Å². The largest absolute Gasteiger partial charge is 0.367 e. The molecule has 0 unspecified atom stereocenters. The fourth-order valence-corrected chi connectivity index (χ4v) is 1.60. The summed E-state index contributed by atoms with van der Waals surface area (Å²) in [6.45, 7) is 0.264. The quantitative estimate of drug-likeness (QED) is 0.421. The maximum Gasteiger partial charge on any atom is 0.164 e. The first-order valence-electron chi connectivity index (χ1n) is 4.53. The van der Waals surface area contributed by atoms with E-state index in [0.29, 0.717) is 12.1 Å². The van der Waals surface area contributed by atoms with E-state index in [1.807, 2.05) is 0 Å². The lowest BCUT2D eigenvalue weighted by molar-refractivity contribution is -0.0395. The van der Waals surface area contributed by atoms with Crippen molar-refractivity contribution in [2.45, 2.75) is 44.1 Å². The molecule has 0 atom stereocenters. The number of hydrogen-bond acceptors (Lipinski definition) is 4. The van der Waals surface area contributed by atoms with E-state index < -0.39 is 6.29 Å². The molecule has 0 saturated heterocycles. The van der Waals surface area contributed by atoms with Crippen molar-refractivity contribution in [2.75, 3.05) is 6.54 Å². The van der Waals surface area contributed by atoms with Gasteiger partial charge < -0.3 is 21.3 Å². The SMILES string of the molecule is N[C@H]1CC[C@H](NCC(O)O)CC1. The molecule has 0 aromatic heterocycles. The highest BCUT2D eigenvalue weighted by Gasteiger charge is 2.17. The van der Waals surface area contributed by atoms with Crippen LogP contribution in [0, 0.1) is 0 Å². The van der Waals surface area contributed by atoms with E-state index in [2.05, 4.69) is 5.32 Å². The van der Waals surface area contributed by atoms with Crippen LogP contribution in [0.4, 0.5) is 0 Å². The molecule has 72 valence electrons. The smallest absolute Gasteiger partial charge is 0.164 e. The van der Waals surface area contributed by atoms with E-state index in [0.717, 1.165) is 25.7 Å². The van der Waals surface area contributed by atoms with E-state index in [1.54, 1.807) is 0 Å². The van der Waals surface area contributed by atoms with E-state index in [1.165, 1.54) is 0 Å². The lowest BCUT2D eigenvalue weighted by atomic mass is 9.92. The third-order valence-electron chi connectivity index (χ3n) is 2.36. The first-order valence-corrected chi connectivity index (χ1v) is 4.53. The van der Waals surface area contributed by atoms with E-state index in [4.69, 9.17) is 15.9 Å². The fourth-order valence-electron chi connectivity index (χ4n) is 1.60. The zero-order valence-electron chi connectivity index (χ0n) is 7.24. The summed E-state index contributed by atoms with van der Waals surface area (Å²) in [7, 11) is 0. The first-order chi connectivity index (χ1) is 5.68. The minimum atomic E-state index is -1.24. The minimum Gasteiger partial charge on any atom is -0.367 e. The Balaban J connectivity index is 2.09. The zero-order chi connectivity index (χ0) is 8.97. The van der Waals surface area contributed by atoms with Crippen molar-refractivity contribution in [1.29, 1.82) is 0 Å². The normalized spacial score (nSPS) is 31.0. The van der Waals surface area contributed by atoms with Crippen LogP contribution in [0.5, 0.6) is 0 Å². The summed E-state index contributed by atoms with van der Waals surface area (Å²) < 4.78 is 0. The molecule has 4 heteroatoms. The van der Waals surface area contributed by atoms with Crippen LogP contribution in [-0.2, 0) is 0 Å². The van der Waals surface area contributed by atoms with Gasteiger partial charge in [-0.2, -0.15) is 0 Å². The predicted octanol–water partition coefficient (Wildman–Crippen LogP) is -0.843. The summed E-state index contributed by atoms with van der Waals surface area (Å²) in [6.07, 6.45) is 2.95. The Morgan fingerprint density at radius 2 is 1.83 bits per heavy atom. The Bertz CT molecular complexity index is 122. The van der Waals surface area contributed by atoms with Crippen molar-refractivity contribution in [3.8, 4) is 0 Å². The molecule has 1 aliphatic rings. The molecular formula is C8H18N2O2. The summed E-state index contributed by atoms with van der Waals surface area (Å²) in [5.41, 5.74) is 5.73. The molecule has 1 fully saturated rings. The van der Waals surface area contributed by atoms with Crippen molar-refractivity contribution >= 4 is 0 Å². The second-order valence-corrected chi connectivity index (χ2v) is 3.50. The van der Waals surface area contributed by atoms with Gasteiger partial charge in [0.25, 0.3) is 0 Å². The third kappa shape index (κ3) is 3.49. The van der Waals surface area contributed by atoms with Crippen LogP contribution in [0.2, 0.25) is 0 Å². The molecule has 0 bridgehead atoms. The van der Waals surface area contributed by atoms with Crippen molar-refractivity contribution < 1.29 is 10.2 Å². The van der Waals surface area contributed by atoms with Crippen LogP contribution in [0.25, 0.3) is 0 Å². The topological polar surface area (TPSA) is 78.5 Å². The van der Waals surface area contributed by atoms with Crippen molar-refractivity contribution in [2.24, 2.45) is 5.73 Å². The molecule has 0 amide bonds. The van der Waals surface area contributed by atoms with Gasteiger partial charge in [0.05, 0.1) is 0 Å². The van der Waals surface area contributed by atoms with Gasteiger partial charge in [-0.1, -0.05) is 0 Å². The van der Waals surface area contributed by atoms with Crippen LogP contribution in [0.1, 0.15) is 25.7 Å². The second kappa shape index (κ2) is 4.77. The fraction of sp³-hybridized carbons (Fsp3) is 1.00. The third-order valence-corrected chi connectivity index (χ3v) is 2.36. The monoisotopic (exact) mass is 174 g/mol. The highest BCUT2D eigenvalue weighted by atomic mass is 16.5. The van der Waals surface area contributed by atoms with Gasteiger partial charge in [0.1, 0.15) is 0 Å². The molecule has 0 radical (unpaired) electrons. The molecule has 1 rings (SSSR count). The van der Waals surface area contributed by atoms with Crippen molar-refractivity contribution in [3.05, 3.63) is 0 Å². The Morgan fingerprint density at radius 1 is 1.25 bits per heavy atom. The van der Waals surface area contributed by atoms with Crippen molar-refractivity contribution in [1.82, 2.24) is 5.32 Å². The maximum atomic E-state index is 8.60. The minimum absolute atomic E-state index is 0.264. The van der Waals surface area contributed by atoms with Gasteiger partial charge in [0.15, 0.2) is 6.29 Å². The van der Waals surface area contributed by atoms with Crippen LogP contribution >= 0.6 is 0 Å². The van der Waals surface area contributed by atoms with E-state index in [9.17, 15) is 0 Å². The van der Waals surface area contributed by atoms with Gasteiger partial charge in [0, 0.05) is 18.6 Å². The molecule has 0 spiro atoms. The Hall–Kier alpha value is -0.160. The molecule has 12 heavy (non-hydrogen) atoms. The molecule has 1 aliphatic carbocycles. The molecule has 0 heterocycles. The van der Waals surface area contributed by atoms with E-state index in [-0.39, 0.29) is 6.54 Å². The standard InChI is InChI=1S/C8H18N2O2/c9-6-1-3-7(4-2-6)10-5-8(11)12/h6-8,10-12H,1-5,9H2/t6-,7-. The molecule has 0 aromatic carbocycles. The molecule has 0 aliphatic heterocycles. The van der Waals surface area contributed by atoms with Crippen LogP contribution in [0.15, 0.2) is 0 Å². The number of aliphatic hydroxyl groups is 2. The highest BCUT2D eigenvalue weighted by Crippen LogP contribution is 2.16. The summed E-state index contributed by atoms with van der Waals surface area (Å²) in [5.74, 6) is 0. The average Bonchev–Trinajstić information content (AvgIpc) is 2.03. The molecule has 5 N–H and O–H groups in total. The molecular weight excluding hydrogens is 156 g/mol. The zero-order valence-corrected chi connectivity index (χ0v) is 7.24. The average molecular weight is 174 g/mol. The molecule has 0 aromatic rings. The lowest BCUT2D eigenvalue weighted by Crippen LogP contribution is -2.40. The maximum absolute atomic E-state index is 8.60. The lowest BCUT2D eigenvalue weighted by Gasteiger charge is -2.27. The molecule has 1 saturated carbocycles. The first kappa shape index (κ1) is 9.92. The van der Waals surface area contributed by atoms with Crippen LogP contribution in [0.3, 0.4) is 0 Å². The van der Waals surface area contributed by atoms with Gasteiger partial charge in [-0.25, -0.2) is 0 Å². The van der Waals surface area contributed by atoms with Gasteiger partial charge in [0.2, 0.25) is 0 Å². The van der Waals surface area contributed by atoms with Crippen LogP contribution < -0.4 is 11.1 Å². The molecule has 4 nitrogen and oxygen atoms in total. The second-order valence-electron chi connectivity index (χ2n) is 3.50. The van der Waals surface area contributed by atoms with Gasteiger partial charge >= 0.3 is 0 Å². The van der Waals surface area contributed by atoms with Gasteiger partial charge in [-0.05, 0) is 25.7 Å². The Labute approximate surface area is 72.8 Å². The number of aliphatic hydroxyl groups excluding tert-OH is 1.